The summed E-state index contributed by atoms with van der Waals surface area (Å²) in [6.07, 6.45) is 11.3. The van der Waals surface area contributed by atoms with Crippen molar-refractivity contribution in [1.29, 1.82) is 0 Å². The summed E-state index contributed by atoms with van der Waals surface area (Å²) >= 11 is 0. The monoisotopic (exact) mass is 476 g/mol. The third kappa shape index (κ3) is 4.75. The van der Waals surface area contributed by atoms with Crippen molar-refractivity contribution in [3.05, 3.63) is 0 Å². The highest BCUT2D eigenvalue weighted by Crippen LogP contribution is 2.68. The average Bonchev–Trinajstić information content (AvgIpc) is 3.13. The molecule has 0 radical (unpaired) electrons. The van der Waals surface area contributed by atoms with Gasteiger partial charge in [-0.15, -0.1) is 0 Å². The summed E-state index contributed by atoms with van der Waals surface area (Å²) in [4.78, 5) is 34.0. The molecule has 0 bridgehead atoms. The summed E-state index contributed by atoms with van der Waals surface area (Å²) in [5, 5.41) is 18.0. The van der Waals surface area contributed by atoms with Gasteiger partial charge < -0.3 is 14.9 Å². The Labute approximate surface area is 204 Å². The Morgan fingerprint density at radius 1 is 0.853 bits per heavy atom. The van der Waals surface area contributed by atoms with E-state index in [1.807, 2.05) is 0 Å². The van der Waals surface area contributed by atoms with Crippen LogP contribution in [0.15, 0.2) is 0 Å². The van der Waals surface area contributed by atoms with Crippen molar-refractivity contribution in [2.75, 3.05) is 0 Å². The summed E-state index contributed by atoms with van der Waals surface area (Å²) < 4.78 is 5.69. The maximum absolute atomic E-state index is 12.1. The highest BCUT2D eigenvalue weighted by molar-refractivity contribution is 5.76. The van der Waals surface area contributed by atoms with Crippen molar-refractivity contribution in [2.45, 2.75) is 110 Å². The van der Waals surface area contributed by atoms with Crippen LogP contribution in [-0.2, 0) is 19.1 Å². The molecule has 34 heavy (non-hydrogen) atoms. The van der Waals surface area contributed by atoms with E-state index in [1.54, 1.807) is 0 Å². The number of carbonyl (C=O) groups excluding carboxylic acids is 1. The highest BCUT2D eigenvalue weighted by atomic mass is 16.5. The highest BCUT2D eigenvalue weighted by Gasteiger charge is 2.60. The smallest absolute Gasteiger partial charge is 0.306 e. The van der Waals surface area contributed by atoms with E-state index in [-0.39, 0.29) is 31.3 Å². The van der Waals surface area contributed by atoms with Gasteiger partial charge in [-0.3, -0.25) is 14.4 Å². The standard InChI is InChI=1S/C28H44O6/c1-17(4-9-24(29)30)21-7-8-22-20-6-5-18-16-19(34-26(33)11-10-25(31)32)12-14-27(18,2)23(20)13-15-28(21,22)3/h17-23H,4-16H2,1-3H3,(H,29,30)(H,31,32)/t17-,18-,19+,20+,21-,22+,23+,27+,28-/m1/s1. The molecule has 0 amide bonds. The van der Waals surface area contributed by atoms with Crippen molar-refractivity contribution in [2.24, 2.45) is 46.3 Å². The number of carboxylic acids is 2. The molecule has 2 N–H and O–H groups in total. The van der Waals surface area contributed by atoms with Gasteiger partial charge >= 0.3 is 17.9 Å². The molecule has 4 aliphatic carbocycles. The number of ether oxygens (including phenoxy) is 1. The Bertz CT molecular complexity index is 794. The first-order valence-corrected chi connectivity index (χ1v) is 13.7. The first kappa shape index (κ1) is 25.5. The topological polar surface area (TPSA) is 101 Å². The number of carbonyl (C=O) groups is 3. The summed E-state index contributed by atoms with van der Waals surface area (Å²) in [5.41, 5.74) is 0.653. The van der Waals surface area contributed by atoms with E-state index in [4.69, 9.17) is 14.9 Å². The molecule has 4 aliphatic rings. The zero-order valence-electron chi connectivity index (χ0n) is 21.3. The number of esters is 1. The lowest BCUT2D eigenvalue weighted by molar-refractivity contribution is -0.164. The second-order valence-electron chi connectivity index (χ2n) is 12.6. The van der Waals surface area contributed by atoms with E-state index < -0.39 is 11.9 Å². The molecule has 0 aromatic carbocycles. The van der Waals surface area contributed by atoms with Gasteiger partial charge in [0.25, 0.3) is 0 Å². The Hall–Kier alpha value is -1.59. The van der Waals surface area contributed by atoms with Crippen molar-refractivity contribution in [3.63, 3.8) is 0 Å². The van der Waals surface area contributed by atoms with Crippen molar-refractivity contribution >= 4 is 17.9 Å². The van der Waals surface area contributed by atoms with E-state index in [1.165, 1.54) is 38.5 Å². The second kappa shape index (κ2) is 9.81. The molecule has 9 atom stereocenters. The predicted molar refractivity (Wildman–Crippen MR) is 128 cm³/mol. The second-order valence-corrected chi connectivity index (χ2v) is 12.6. The van der Waals surface area contributed by atoms with Crippen LogP contribution in [0.1, 0.15) is 104 Å². The lowest BCUT2D eigenvalue weighted by atomic mass is 9.44. The Kier molecular flexibility index (Phi) is 7.36. The van der Waals surface area contributed by atoms with Gasteiger partial charge in [0, 0.05) is 6.42 Å². The van der Waals surface area contributed by atoms with E-state index in [0.717, 1.165) is 43.4 Å². The molecule has 0 aromatic rings. The molecule has 0 unspecified atom stereocenters. The third-order valence-corrected chi connectivity index (χ3v) is 11.0. The van der Waals surface area contributed by atoms with Crippen molar-refractivity contribution in [3.8, 4) is 0 Å². The SMILES string of the molecule is C[C@H](CCC(=O)O)[C@H]1CC[C@H]2[C@@H]3CC[C@@H]4C[C@@H](OC(=O)CCC(=O)O)CC[C@]4(C)[C@H]3CC[C@]12C. The molecule has 0 aliphatic heterocycles. The zero-order valence-corrected chi connectivity index (χ0v) is 21.3. The number of hydrogen-bond acceptors (Lipinski definition) is 4. The average molecular weight is 477 g/mol. The van der Waals surface area contributed by atoms with E-state index in [0.29, 0.717) is 28.6 Å². The summed E-state index contributed by atoms with van der Waals surface area (Å²) in [5.74, 6) is 1.96. The largest absolute Gasteiger partial charge is 0.481 e. The Balaban J connectivity index is 1.39. The zero-order chi connectivity index (χ0) is 24.7. The van der Waals surface area contributed by atoms with Gasteiger partial charge in [0.05, 0.1) is 12.8 Å². The normalized spacial score (nSPS) is 42.1. The molecule has 4 fully saturated rings. The number of rotatable bonds is 8. The molecule has 0 aromatic heterocycles. The van der Waals surface area contributed by atoms with Gasteiger partial charge in [-0.1, -0.05) is 20.8 Å². The third-order valence-electron chi connectivity index (χ3n) is 11.0. The molecule has 192 valence electrons. The molecule has 6 nitrogen and oxygen atoms in total. The summed E-state index contributed by atoms with van der Waals surface area (Å²) in [6, 6.07) is 0. The Morgan fingerprint density at radius 3 is 2.24 bits per heavy atom. The minimum absolute atomic E-state index is 0.0369. The van der Waals surface area contributed by atoms with Gasteiger partial charge in [0.15, 0.2) is 0 Å². The van der Waals surface area contributed by atoms with E-state index in [9.17, 15) is 14.4 Å². The van der Waals surface area contributed by atoms with Gasteiger partial charge in [-0.25, -0.2) is 0 Å². The molecule has 0 spiro atoms. The minimum atomic E-state index is -0.957. The summed E-state index contributed by atoms with van der Waals surface area (Å²) in [7, 11) is 0. The maximum Gasteiger partial charge on any atom is 0.306 e. The lowest BCUT2D eigenvalue weighted by Gasteiger charge is -2.61. The fourth-order valence-corrected chi connectivity index (χ4v) is 9.31. The minimum Gasteiger partial charge on any atom is -0.481 e. The van der Waals surface area contributed by atoms with E-state index in [2.05, 4.69) is 20.8 Å². The predicted octanol–water partition coefficient (Wildman–Crippen LogP) is 5.92. The van der Waals surface area contributed by atoms with Crippen LogP contribution in [0.3, 0.4) is 0 Å². The summed E-state index contributed by atoms with van der Waals surface area (Å²) in [6.45, 7) is 7.30. The maximum atomic E-state index is 12.1. The van der Waals surface area contributed by atoms with Crippen LogP contribution >= 0.6 is 0 Å². The van der Waals surface area contributed by atoms with Gasteiger partial charge in [-0.05, 0) is 111 Å². The van der Waals surface area contributed by atoms with Crippen LogP contribution in [0.4, 0.5) is 0 Å². The van der Waals surface area contributed by atoms with Crippen LogP contribution < -0.4 is 0 Å². The van der Waals surface area contributed by atoms with Crippen LogP contribution in [0.25, 0.3) is 0 Å². The fraction of sp³-hybridized carbons (Fsp3) is 0.893. The molecule has 0 heterocycles. The van der Waals surface area contributed by atoms with Gasteiger partial charge in [0.2, 0.25) is 0 Å². The van der Waals surface area contributed by atoms with Crippen LogP contribution in [0, 0.1) is 46.3 Å². The molecular formula is C28H44O6. The van der Waals surface area contributed by atoms with Crippen LogP contribution in [-0.4, -0.2) is 34.2 Å². The number of fused-ring (bicyclic) bond motifs is 5. The van der Waals surface area contributed by atoms with Crippen LogP contribution in [0.5, 0.6) is 0 Å². The quantitative estimate of drug-likeness (QED) is 0.422. The van der Waals surface area contributed by atoms with Crippen molar-refractivity contribution in [1.82, 2.24) is 0 Å². The number of aliphatic carboxylic acids is 2. The molecule has 6 heteroatoms. The molecular weight excluding hydrogens is 432 g/mol. The number of carboxylic acid groups (broad SMARTS) is 2. The first-order valence-electron chi connectivity index (χ1n) is 13.7. The fourth-order valence-electron chi connectivity index (χ4n) is 9.31. The Morgan fingerprint density at radius 2 is 1.53 bits per heavy atom. The first-order chi connectivity index (χ1) is 16.0. The van der Waals surface area contributed by atoms with Gasteiger partial charge in [0.1, 0.15) is 6.10 Å². The van der Waals surface area contributed by atoms with E-state index >= 15 is 0 Å². The van der Waals surface area contributed by atoms with Gasteiger partial charge in [-0.2, -0.15) is 0 Å². The lowest BCUT2D eigenvalue weighted by Crippen LogP contribution is -2.54. The molecule has 4 saturated carbocycles. The molecule has 4 rings (SSSR count). The number of hydrogen-bond donors (Lipinski definition) is 2. The molecule has 0 saturated heterocycles. The van der Waals surface area contributed by atoms with Crippen molar-refractivity contribution < 1.29 is 29.3 Å². The van der Waals surface area contributed by atoms with Crippen LogP contribution in [0.2, 0.25) is 0 Å².